The molecule has 0 radical (unpaired) electrons. The Hall–Kier alpha value is -2.09. The van der Waals surface area contributed by atoms with Crippen molar-refractivity contribution in [2.24, 2.45) is 0 Å². The number of benzene rings is 1. The summed E-state index contributed by atoms with van der Waals surface area (Å²) in [4.78, 5) is 24.7. The van der Waals surface area contributed by atoms with Gasteiger partial charge in [-0.05, 0) is 31.5 Å². The molecule has 1 aromatic carbocycles. The predicted molar refractivity (Wildman–Crippen MR) is 76.9 cm³/mol. The fourth-order valence-corrected chi connectivity index (χ4v) is 2.67. The minimum atomic E-state index is -4.57. The Morgan fingerprint density at radius 3 is 2.61 bits per heavy atom. The van der Waals surface area contributed by atoms with E-state index in [4.69, 9.17) is 5.11 Å². The number of amides is 1. The zero-order chi connectivity index (χ0) is 17.0. The fraction of sp³-hybridized carbons (Fsp3) is 0.467. The summed E-state index contributed by atoms with van der Waals surface area (Å²) in [5.41, 5.74) is -1.25. The highest BCUT2D eigenvalue weighted by molar-refractivity contribution is 5.93. The summed E-state index contributed by atoms with van der Waals surface area (Å²) in [6, 6.07) is 3.92. The van der Waals surface area contributed by atoms with Gasteiger partial charge in [-0.1, -0.05) is 18.6 Å². The van der Waals surface area contributed by atoms with Gasteiger partial charge in [-0.2, -0.15) is 13.2 Å². The Bertz CT molecular complexity index is 590. The number of carbonyl (C=O) groups is 2. The average molecular weight is 330 g/mol. The van der Waals surface area contributed by atoms with Crippen molar-refractivity contribution < 1.29 is 27.9 Å². The van der Waals surface area contributed by atoms with Crippen LogP contribution in [0.5, 0.6) is 0 Å². The van der Waals surface area contributed by atoms with Crippen molar-refractivity contribution in [1.82, 2.24) is 4.90 Å². The van der Waals surface area contributed by atoms with E-state index >= 15 is 0 Å². The van der Waals surface area contributed by atoms with E-state index in [1.807, 2.05) is 0 Å². The molecule has 5 nitrogen and oxygen atoms in total. The first kappa shape index (κ1) is 17.3. The van der Waals surface area contributed by atoms with Crippen LogP contribution >= 0.6 is 0 Å². The number of likely N-dealkylation sites (tertiary alicyclic amines) is 1. The Balaban J connectivity index is 2.07. The zero-order valence-corrected chi connectivity index (χ0v) is 12.3. The molecule has 1 amide bonds. The number of carboxylic acids is 1. The molecule has 0 bridgehead atoms. The molecule has 1 fully saturated rings. The number of hydrogen-bond donors (Lipinski definition) is 2. The van der Waals surface area contributed by atoms with Crippen LogP contribution in [0.1, 0.15) is 24.8 Å². The molecule has 2 rings (SSSR count). The second kappa shape index (κ2) is 6.99. The van der Waals surface area contributed by atoms with Gasteiger partial charge in [0, 0.05) is 0 Å². The van der Waals surface area contributed by atoms with Crippen molar-refractivity contribution in [3.63, 3.8) is 0 Å². The first-order chi connectivity index (χ1) is 10.8. The lowest BCUT2D eigenvalue weighted by molar-refractivity contribution is -0.145. The van der Waals surface area contributed by atoms with Crippen molar-refractivity contribution in [2.45, 2.75) is 31.5 Å². The largest absolute Gasteiger partial charge is 0.480 e. The topological polar surface area (TPSA) is 69.6 Å². The van der Waals surface area contributed by atoms with E-state index < -0.39 is 29.7 Å². The van der Waals surface area contributed by atoms with E-state index in [2.05, 4.69) is 5.32 Å². The van der Waals surface area contributed by atoms with Crippen LogP contribution in [0.2, 0.25) is 0 Å². The molecule has 0 aromatic heterocycles. The van der Waals surface area contributed by atoms with E-state index in [1.54, 1.807) is 0 Å². The summed E-state index contributed by atoms with van der Waals surface area (Å²) < 4.78 is 38.7. The fourth-order valence-electron chi connectivity index (χ4n) is 2.67. The van der Waals surface area contributed by atoms with E-state index in [1.165, 1.54) is 23.1 Å². The zero-order valence-electron chi connectivity index (χ0n) is 12.3. The van der Waals surface area contributed by atoms with E-state index in [0.29, 0.717) is 13.0 Å². The van der Waals surface area contributed by atoms with Crippen LogP contribution in [0.25, 0.3) is 0 Å². The first-order valence-electron chi connectivity index (χ1n) is 7.22. The lowest BCUT2D eigenvalue weighted by Crippen LogP contribution is -2.47. The van der Waals surface area contributed by atoms with E-state index in [-0.39, 0.29) is 12.2 Å². The number of nitrogens with one attached hydrogen (secondary N) is 1. The molecule has 8 heteroatoms. The van der Waals surface area contributed by atoms with Crippen molar-refractivity contribution in [3.8, 4) is 0 Å². The number of para-hydroxylation sites is 1. The highest BCUT2D eigenvalue weighted by Crippen LogP contribution is 2.34. The molecule has 0 aliphatic carbocycles. The summed E-state index contributed by atoms with van der Waals surface area (Å²) in [6.45, 7) is 0.189. The Kier molecular flexibility index (Phi) is 5.25. The molecular weight excluding hydrogens is 313 g/mol. The Labute approximate surface area is 131 Å². The van der Waals surface area contributed by atoms with Gasteiger partial charge in [0.1, 0.15) is 6.04 Å². The van der Waals surface area contributed by atoms with Crippen molar-refractivity contribution in [1.29, 1.82) is 0 Å². The average Bonchev–Trinajstić information content (AvgIpc) is 2.47. The van der Waals surface area contributed by atoms with Crippen molar-refractivity contribution in [2.75, 3.05) is 18.4 Å². The highest BCUT2D eigenvalue weighted by Gasteiger charge is 2.34. The number of alkyl halides is 3. The van der Waals surface area contributed by atoms with Gasteiger partial charge in [0.25, 0.3) is 0 Å². The predicted octanol–water partition coefficient (Wildman–Crippen LogP) is 2.58. The standard InChI is InChI=1S/C15H17F3N2O3/c16-15(17,18)10-5-1-2-6-11(10)19-13(21)9-20-8-4-3-7-12(20)14(22)23/h1-2,5-6,12H,3-4,7-9H2,(H,19,21)(H,22,23). The molecule has 1 aliphatic rings. The molecular formula is C15H17F3N2O3. The summed E-state index contributed by atoms with van der Waals surface area (Å²) in [5, 5.41) is 11.4. The molecule has 1 saturated heterocycles. The molecule has 0 spiro atoms. The van der Waals surface area contributed by atoms with Gasteiger partial charge in [-0.15, -0.1) is 0 Å². The maximum Gasteiger partial charge on any atom is 0.418 e. The number of piperidine rings is 1. The van der Waals surface area contributed by atoms with Crippen LogP contribution in [0.15, 0.2) is 24.3 Å². The molecule has 126 valence electrons. The summed E-state index contributed by atoms with van der Waals surface area (Å²) in [7, 11) is 0. The maximum absolute atomic E-state index is 12.9. The second-order valence-corrected chi connectivity index (χ2v) is 5.41. The van der Waals surface area contributed by atoms with Gasteiger partial charge in [-0.25, -0.2) is 0 Å². The van der Waals surface area contributed by atoms with Crippen LogP contribution in [0.3, 0.4) is 0 Å². The summed E-state index contributed by atoms with van der Waals surface area (Å²) in [6.07, 6.45) is -2.62. The molecule has 0 saturated carbocycles. The molecule has 1 aromatic rings. The van der Waals surface area contributed by atoms with Crippen LogP contribution in [0, 0.1) is 0 Å². The number of hydrogen-bond acceptors (Lipinski definition) is 3. The second-order valence-electron chi connectivity index (χ2n) is 5.41. The summed E-state index contributed by atoms with van der Waals surface area (Å²) in [5.74, 6) is -1.68. The maximum atomic E-state index is 12.9. The number of anilines is 1. The number of carboxylic acid groups (broad SMARTS) is 1. The van der Waals surface area contributed by atoms with Gasteiger partial charge in [0.05, 0.1) is 17.8 Å². The van der Waals surface area contributed by atoms with Gasteiger partial charge in [0.2, 0.25) is 5.91 Å². The highest BCUT2D eigenvalue weighted by atomic mass is 19.4. The molecule has 23 heavy (non-hydrogen) atoms. The quantitative estimate of drug-likeness (QED) is 0.890. The SMILES string of the molecule is O=C(CN1CCCCC1C(=O)O)Nc1ccccc1C(F)(F)F. The monoisotopic (exact) mass is 330 g/mol. The third-order valence-corrected chi connectivity index (χ3v) is 3.75. The van der Waals surface area contributed by atoms with Crippen LogP contribution < -0.4 is 5.32 Å². The van der Waals surface area contributed by atoms with E-state index in [9.17, 15) is 22.8 Å². The molecule has 1 unspecified atom stereocenters. The van der Waals surface area contributed by atoms with Crippen LogP contribution in [-0.2, 0) is 15.8 Å². The molecule has 1 atom stereocenters. The minimum Gasteiger partial charge on any atom is -0.480 e. The van der Waals surface area contributed by atoms with Gasteiger partial charge in [-0.3, -0.25) is 14.5 Å². The van der Waals surface area contributed by atoms with Gasteiger partial charge >= 0.3 is 12.1 Å². The molecule has 2 N–H and O–H groups in total. The smallest absolute Gasteiger partial charge is 0.418 e. The number of aliphatic carboxylic acids is 1. The number of nitrogens with zero attached hydrogens (tertiary/aromatic N) is 1. The van der Waals surface area contributed by atoms with Crippen molar-refractivity contribution in [3.05, 3.63) is 29.8 Å². The van der Waals surface area contributed by atoms with Crippen LogP contribution in [0.4, 0.5) is 18.9 Å². The lowest BCUT2D eigenvalue weighted by Gasteiger charge is -2.32. The number of halogens is 3. The van der Waals surface area contributed by atoms with Crippen LogP contribution in [-0.4, -0.2) is 41.0 Å². The van der Waals surface area contributed by atoms with Crippen molar-refractivity contribution >= 4 is 17.6 Å². The molecule has 1 aliphatic heterocycles. The normalized spacial score (nSPS) is 19.3. The Morgan fingerprint density at radius 1 is 1.26 bits per heavy atom. The third kappa shape index (κ3) is 4.44. The Morgan fingerprint density at radius 2 is 1.96 bits per heavy atom. The number of carbonyl (C=O) groups excluding carboxylic acids is 1. The number of rotatable bonds is 4. The third-order valence-electron chi connectivity index (χ3n) is 3.75. The van der Waals surface area contributed by atoms with Gasteiger partial charge < -0.3 is 10.4 Å². The van der Waals surface area contributed by atoms with E-state index in [0.717, 1.165) is 18.9 Å². The van der Waals surface area contributed by atoms with Gasteiger partial charge in [0.15, 0.2) is 0 Å². The molecule has 1 heterocycles. The summed E-state index contributed by atoms with van der Waals surface area (Å²) >= 11 is 0. The minimum absolute atomic E-state index is 0.247. The first-order valence-corrected chi connectivity index (χ1v) is 7.22. The lowest BCUT2D eigenvalue weighted by atomic mass is 10.0.